The SMILES string of the molecule is C[C@@H]1C=C2c3cccc4[nH]cc(c34)CC2N(C)C1. The van der Waals surface area contributed by atoms with E-state index in [1.54, 1.807) is 0 Å². The zero-order chi connectivity index (χ0) is 12.3. The standard InChI is InChI=1S/C16H18N2/c1-10-6-13-12-4-3-5-14-16(12)11(8-17-14)7-15(13)18(2)9-10/h3-6,8,10,15,17H,7,9H2,1-2H3/t10-,15?/m1/s1. The van der Waals surface area contributed by atoms with E-state index in [1.807, 2.05) is 0 Å². The highest BCUT2D eigenvalue weighted by molar-refractivity contribution is 5.98. The molecule has 0 amide bonds. The van der Waals surface area contributed by atoms with Crippen molar-refractivity contribution in [2.24, 2.45) is 5.92 Å². The van der Waals surface area contributed by atoms with E-state index in [-0.39, 0.29) is 0 Å². The molecule has 0 saturated heterocycles. The van der Waals surface area contributed by atoms with Gasteiger partial charge in [0.15, 0.2) is 0 Å². The minimum Gasteiger partial charge on any atom is -0.361 e. The summed E-state index contributed by atoms with van der Waals surface area (Å²) in [4.78, 5) is 5.92. The number of fused-ring (bicyclic) bond motifs is 2. The molecular formula is C16H18N2. The molecule has 2 nitrogen and oxygen atoms in total. The van der Waals surface area contributed by atoms with E-state index < -0.39 is 0 Å². The molecule has 0 saturated carbocycles. The van der Waals surface area contributed by atoms with E-state index in [2.05, 4.69) is 54.3 Å². The lowest BCUT2D eigenvalue weighted by atomic mass is 9.80. The summed E-state index contributed by atoms with van der Waals surface area (Å²) < 4.78 is 0. The molecule has 1 aliphatic heterocycles. The van der Waals surface area contributed by atoms with E-state index in [9.17, 15) is 0 Å². The molecule has 2 aliphatic rings. The number of rotatable bonds is 0. The topological polar surface area (TPSA) is 19.0 Å². The summed E-state index contributed by atoms with van der Waals surface area (Å²) in [6.45, 7) is 3.48. The normalized spacial score (nSPS) is 27.1. The smallest absolute Gasteiger partial charge is 0.0462 e. The van der Waals surface area contributed by atoms with Gasteiger partial charge in [-0.15, -0.1) is 0 Å². The molecule has 2 heterocycles. The van der Waals surface area contributed by atoms with Crippen LogP contribution in [-0.4, -0.2) is 29.5 Å². The van der Waals surface area contributed by atoms with Crippen molar-refractivity contribution in [2.45, 2.75) is 19.4 Å². The maximum Gasteiger partial charge on any atom is 0.0462 e. The summed E-state index contributed by atoms with van der Waals surface area (Å²) in [6.07, 6.45) is 5.82. The van der Waals surface area contributed by atoms with E-state index in [0.717, 1.165) is 6.42 Å². The Balaban J connectivity index is 2.02. The van der Waals surface area contributed by atoms with Gasteiger partial charge in [-0.2, -0.15) is 0 Å². The Labute approximate surface area is 107 Å². The van der Waals surface area contributed by atoms with E-state index in [4.69, 9.17) is 0 Å². The summed E-state index contributed by atoms with van der Waals surface area (Å²) in [7, 11) is 2.26. The van der Waals surface area contributed by atoms with Gasteiger partial charge in [0, 0.05) is 29.7 Å². The maximum absolute atomic E-state index is 3.41. The van der Waals surface area contributed by atoms with Crippen LogP contribution in [-0.2, 0) is 6.42 Å². The Morgan fingerprint density at radius 2 is 2.22 bits per heavy atom. The largest absolute Gasteiger partial charge is 0.361 e. The molecule has 0 fully saturated rings. The first-order valence-corrected chi connectivity index (χ1v) is 6.75. The highest BCUT2D eigenvalue weighted by Crippen LogP contribution is 2.40. The zero-order valence-electron chi connectivity index (χ0n) is 10.9. The fraction of sp³-hybridized carbons (Fsp3) is 0.375. The number of hydrogen-bond donors (Lipinski definition) is 1. The molecule has 1 N–H and O–H groups in total. The highest BCUT2D eigenvalue weighted by atomic mass is 15.1. The molecule has 2 atom stereocenters. The van der Waals surface area contributed by atoms with Crippen molar-refractivity contribution in [1.82, 2.24) is 9.88 Å². The summed E-state index contributed by atoms with van der Waals surface area (Å²) >= 11 is 0. The van der Waals surface area contributed by atoms with Gasteiger partial charge in [0.25, 0.3) is 0 Å². The number of likely N-dealkylation sites (N-methyl/N-ethyl adjacent to an activating group) is 1. The number of nitrogens with zero attached hydrogens (tertiary/aromatic N) is 1. The monoisotopic (exact) mass is 238 g/mol. The second kappa shape index (κ2) is 3.48. The van der Waals surface area contributed by atoms with Crippen molar-refractivity contribution in [3.8, 4) is 0 Å². The first-order valence-electron chi connectivity index (χ1n) is 6.75. The van der Waals surface area contributed by atoms with Gasteiger partial charge in [-0.1, -0.05) is 25.1 Å². The van der Waals surface area contributed by atoms with Crippen LogP contribution in [0.15, 0.2) is 30.5 Å². The van der Waals surface area contributed by atoms with Gasteiger partial charge in [-0.25, -0.2) is 0 Å². The Bertz CT molecular complexity index is 650. The third-order valence-electron chi connectivity index (χ3n) is 4.44. The van der Waals surface area contributed by atoms with Gasteiger partial charge in [0.1, 0.15) is 0 Å². The van der Waals surface area contributed by atoms with Crippen LogP contribution in [0.2, 0.25) is 0 Å². The molecule has 0 spiro atoms. The number of aromatic nitrogens is 1. The number of benzene rings is 1. The molecule has 92 valence electrons. The van der Waals surface area contributed by atoms with E-state index in [1.165, 1.54) is 34.1 Å². The van der Waals surface area contributed by atoms with Crippen molar-refractivity contribution in [2.75, 3.05) is 13.6 Å². The van der Waals surface area contributed by atoms with Crippen LogP contribution < -0.4 is 0 Å². The number of hydrogen-bond acceptors (Lipinski definition) is 1. The van der Waals surface area contributed by atoms with Gasteiger partial charge in [0.2, 0.25) is 0 Å². The molecule has 0 bridgehead atoms. The van der Waals surface area contributed by atoms with Crippen molar-refractivity contribution in [3.63, 3.8) is 0 Å². The zero-order valence-corrected chi connectivity index (χ0v) is 10.9. The number of H-pyrrole nitrogens is 1. The molecule has 1 unspecified atom stereocenters. The fourth-order valence-electron chi connectivity index (χ4n) is 3.69. The van der Waals surface area contributed by atoms with Crippen LogP contribution in [0.4, 0.5) is 0 Å². The average molecular weight is 238 g/mol. The molecule has 1 aliphatic carbocycles. The van der Waals surface area contributed by atoms with Gasteiger partial charge in [-0.3, -0.25) is 4.90 Å². The predicted molar refractivity (Wildman–Crippen MR) is 75.6 cm³/mol. The van der Waals surface area contributed by atoms with Crippen molar-refractivity contribution in [3.05, 3.63) is 41.6 Å². The Kier molecular flexibility index (Phi) is 2.01. The Morgan fingerprint density at radius 1 is 1.33 bits per heavy atom. The van der Waals surface area contributed by atoms with Gasteiger partial charge < -0.3 is 4.98 Å². The maximum atomic E-state index is 3.41. The van der Waals surface area contributed by atoms with Crippen LogP contribution in [0.3, 0.4) is 0 Å². The second-order valence-corrected chi connectivity index (χ2v) is 5.80. The van der Waals surface area contributed by atoms with Crippen LogP contribution in [0.25, 0.3) is 16.5 Å². The van der Waals surface area contributed by atoms with Gasteiger partial charge in [-0.05, 0) is 42.2 Å². The quantitative estimate of drug-likeness (QED) is 0.747. The van der Waals surface area contributed by atoms with E-state index in [0.29, 0.717) is 12.0 Å². The summed E-state index contributed by atoms with van der Waals surface area (Å²) in [5, 5.41) is 1.45. The van der Waals surface area contributed by atoms with Crippen LogP contribution in [0.1, 0.15) is 18.1 Å². The van der Waals surface area contributed by atoms with Crippen molar-refractivity contribution >= 4 is 16.5 Å². The summed E-state index contributed by atoms with van der Waals surface area (Å²) in [5.41, 5.74) is 5.74. The molecule has 18 heavy (non-hydrogen) atoms. The lowest BCUT2D eigenvalue weighted by molar-refractivity contribution is 0.252. The number of nitrogens with one attached hydrogen (secondary N) is 1. The first-order chi connectivity index (χ1) is 8.74. The molecule has 1 aromatic heterocycles. The molecule has 2 heteroatoms. The van der Waals surface area contributed by atoms with Gasteiger partial charge >= 0.3 is 0 Å². The Morgan fingerprint density at radius 3 is 3.11 bits per heavy atom. The average Bonchev–Trinajstić information content (AvgIpc) is 2.76. The molecule has 4 rings (SSSR count). The molecule has 2 aromatic rings. The minimum atomic E-state index is 0.565. The lowest BCUT2D eigenvalue weighted by Crippen LogP contribution is -2.41. The summed E-state index contributed by atoms with van der Waals surface area (Å²) in [5.74, 6) is 0.650. The lowest BCUT2D eigenvalue weighted by Gasteiger charge is -2.39. The third-order valence-corrected chi connectivity index (χ3v) is 4.44. The molecular weight excluding hydrogens is 220 g/mol. The molecule has 0 radical (unpaired) electrons. The van der Waals surface area contributed by atoms with Gasteiger partial charge in [0.05, 0.1) is 0 Å². The third kappa shape index (κ3) is 1.27. The van der Waals surface area contributed by atoms with E-state index >= 15 is 0 Å². The fourth-order valence-corrected chi connectivity index (χ4v) is 3.69. The highest BCUT2D eigenvalue weighted by Gasteiger charge is 2.32. The summed E-state index contributed by atoms with van der Waals surface area (Å²) in [6, 6.07) is 7.19. The van der Waals surface area contributed by atoms with Crippen LogP contribution >= 0.6 is 0 Å². The number of aromatic amines is 1. The Hall–Kier alpha value is -1.54. The predicted octanol–water partition coefficient (Wildman–Crippen LogP) is 3.06. The van der Waals surface area contributed by atoms with Crippen LogP contribution in [0, 0.1) is 5.92 Å². The first kappa shape index (κ1) is 10.4. The van der Waals surface area contributed by atoms with Crippen LogP contribution in [0.5, 0.6) is 0 Å². The second-order valence-electron chi connectivity index (χ2n) is 5.80. The van der Waals surface area contributed by atoms with Crippen molar-refractivity contribution in [1.29, 1.82) is 0 Å². The van der Waals surface area contributed by atoms with Crippen molar-refractivity contribution < 1.29 is 0 Å². The molecule has 1 aromatic carbocycles. The minimum absolute atomic E-state index is 0.565.